The van der Waals surface area contributed by atoms with Crippen molar-refractivity contribution in [1.29, 1.82) is 0 Å². The van der Waals surface area contributed by atoms with Crippen molar-refractivity contribution in [3.8, 4) is 0 Å². The van der Waals surface area contributed by atoms with Gasteiger partial charge in [0.05, 0.1) is 6.54 Å². The van der Waals surface area contributed by atoms with E-state index in [-0.39, 0.29) is 26.1 Å². The number of likely N-dealkylation sites (tertiary alicyclic amines) is 2. The zero-order valence-electron chi connectivity index (χ0n) is 11.6. The van der Waals surface area contributed by atoms with Crippen LogP contribution in [0.2, 0.25) is 0 Å². The van der Waals surface area contributed by atoms with Gasteiger partial charge in [-0.2, -0.15) is 0 Å². The van der Waals surface area contributed by atoms with Crippen molar-refractivity contribution in [2.75, 3.05) is 19.6 Å². The topological polar surface area (TPSA) is 43.8 Å². The standard InChI is InChI=1S/C15H18F2N2O2/c16-15(17)10-19(8-11-4-2-1-3-5-11)13-9-18(14(20)21)7-6-12(13)15/h1-5,12-13H,6-10H2,(H,20,21). The molecule has 2 unspecified atom stereocenters. The molecule has 0 aromatic heterocycles. The van der Waals surface area contributed by atoms with Crippen LogP contribution in [0.4, 0.5) is 13.6 Å². The summed E-state index contributed by atoms with van der Waals surface area (Å²) in [7, 11) is 0. The molecule has 0 spiro atoms. The van der Waals surface area contributed by atoms with Crippen LogP contribution in [0.25, 0.3) is 0 Å². The Bertz CT molecular complexity index is 524. The van der Waals surface area contributed by atoms with Crippen LogP contribution in [0.3, 0.4) is 0 Å². The monoisotopic (exact) mass is 296 g/mol. The number of halogens is 2. The third-order valence-electron chi connectivity index (χ3n) is 4.51. The lowest BCUT2D eigenvalue weighted by Gasteiger charge is -2.37. The Kier molecular flexibility index (Phi) is 3.57. The molecule has 2 atom stereocenters. The lowest BCUT2D eigenvalue weighted by Crippen LogP contribution is -2.50. The van der Waals surface area contributed by atoms with Crippen LogP contribution in [-0.2, 0) is 6.54 Å². The largest absolute Gasteiger partial charge is 0.465 e. The van der Waals surface area contributed by atoms with Crippen molar-refractivity contribution in [2.24, 2.45) is 5.92 Å². The van der Waals surface area contributed by atoms with E-state index in [0.717, 1.165) is 5.56 Å². The molecule has 0 aliphatic carbocycles. The molecular weight excluding hydrogens is 278 g/mol. The molecule has 6 heteroatoms. The maximum atomic E-state index is 14.2. The predicted molar refractivity (Wildman–Crippen MR) is 73.3 cm³/mol. The van der Waals surface area contributed by atoms with Gasteiger partial charge in [0, 0.05) is 31.6 Å². The number of carboxylic acid groups (broad SMARTS) is 1. The molecule has 1 aromatic carbocycles. The van der Waals surface area contributed by atoms with Crippen molar-refractivity contribution < 1.29 is 18.7 Å². The molecular formula is C15H18F2N2O2. The minimum absolute atomic E-state index is 0.169. The fraction of sp³-hybridized carbons (Fsp3) is 0.533. The highest BCUT2D eigenvalue weighted by Gasteiger charge is 2.55. The minimum atomic E-state index is -2.73. The molecule has 2 saturated heterocycles. The average Bonchev–Trinajstić information content (AvgIpc) is 2.71. The first-order valence-corrected chi connectivity index (χ1v) is 7.11. The number of alkyl halides is 2. The van der Waals surface area contributed by atoms with E-state index < -0.39 is 24.0 Å². The van der Waals surface area contributed by atoms with Gasteiger partial charge in [-0.05, 0) is 12.0 Å². The first-order chi connectivity index (χ1) is 9.97. The molecule has 2 fully saturated rings. The summed E-state index contributed by atoms with van der Waals surface area (Å²) in [6, 6.07) is 9.06. The van der Waals surface area contributed by atoms with Crippen LogP contribution < -0.4 is 0 Å². The summed E-state index contributed by atoms with van der Waals surface area (Å²) in [5.41, 5.74) is 0.974. The first-order valence-electron chi connectivity index (χ1n) is 7.11. The minimum Gasteiger partial charge on any atom is -0.465 e. The molecule has 3 rings (SSSR count). The summed E-state index contributed by atoms with van der Waals surface area (Å²) in [5.74, 6) is -3.47. The fourth-order valence-corrected chi connectivity index (χ4v) is 3.46. The molecule has 21 heavy (non-hydrogen) atoms. The van der Waals surface area contributed by atoms with Gasteiger partial charge < -0.3 is 10.0 Å². The number of nitrogens with zero attached hydrogens (tertiary/aromatic N) is 2. The Balaban J connectivity index is 1.78. The average molecular weight is 296 g/mol. The summed E-state index contributed by atoms with van der Waals surface area (Å²) < 4.78 is 28.3. The second kappa shape index (κ2) is 5.26. The van der Waals surface area contributed by atoms with Crippen LogP contribution in [-0.4, -0.2) is 52.6 Å². The van der Waals surface area contributed by atoms with Crippen molar-refractivity contribution in [3.05, 3.63) is 35.9 Å². The number of rotatable bonds is 2. The quantitative estimate of drug-likeness (QED) is 0.912. The Morgan fingerprint density at radius 3 is 2.71 bits per heavy atom. The zero-order valence-corrected chi connectivity index (χ0v) is 11.6. The number of piperidine rings is 1. The number of benzene rings is 1. The fourth-order valence-electron chi connectivity index (χ4n) is 3.46. The van der Waals surface area contributed by atoms with E-state index in [9.17, 15) is 13.6 Å². The van der Waals surface area contributed by atoms with Crippen molar-refractivity contribution >= 4 is 6.09 Å². The second-order valence-corrected chi connectivity index (χ2v) is 5.84. The van der Waals surface area contributed by atoms with Crippen molar-refractivity contribution in [2.45, 2.75) is 24.9 Å². The van der Waals surface area contributed by atoms with Crippen LogP contribution >= 0.6 is 0 Å². The molecule has 114 valence electrons. The first kappa shape index (κ1) is 14.3. The van der Waals surface area contributed by atoms with E-state index in [1.54, 1.807) is 4.90 Å². The van der Waals surface area contributed by atoms with E-state index in [1.807, 2.05) is 30.3 Å². The number of carbonyl (C=O) groups is 1. The Morgan fingerprint density at radius 1 is 1.33 bits per heavy atom. The van der Waals surface area contributed by atoms with Gasteiger partial charge in [-0.25, -0.2) is 13.6 Å². The Labute approximate surface area is 122 Å². The number of amides is 1. The van der Waals surface area contributed by atoms with Crippen molar-refractivity contribution in [3.63, 3.8) is 0 Å². The molecule has 0 radical (unpaired) electrons. The van der Waals surface area contributed by atoms with E-state index in [4.69, 9.17) is 5.11 Å². The maximum Gasteiger partial charge on any atom is 0.407 e. The van der Waals surface area contributed by atoms with Gasteiger partial charge >= 0.3 is 6.09 Å². The highest BCUT2D eigenvalue weighted by molar-refractivity contribution is 5.65. The van der Waals surface area contributed by atoms with Gasteiger partial charge in [-0.1, -0.05) is 30.3 Å². The summed E-state index contributed by atoms with van der Waals surface area (Å²) in [6.45, 7) is 0.517. The molecule has 4 nitrogen and oxygen atoms in total. The van der Waals surface area contributed by atoms with Gasteiger partial charge in [0.25, 0.3) is 5.92 Å². The smallest absolute Gasteiger partial charge is 0.407 e. The van der Waals surface area contributed by atoms with Gasteiger partial charge in [0.2, 0.25) is 0 Å². The molecule has 2 aliphatic rings. The lowest BCUT2D eigenvalue weighted by molar-refractivity contribution is -0.0434. The van der Waals surface area contributed by atoms with E-state index >= 15 is 0 Å². The molecule has 1 aromatic rings. The van der Waals surface area contributed by atoms with Gasteiger partial charge in [-0.15, -0.1) is 0 Å². The molecule has 1 amide bonds. The normalized spacial score (nSPS) is 28.4. The van der Waals surface area contributed by atoms with E-state index in [1.165, 1.54) is 4.90 Å². The van der Waals surface area contributed by atoms with Crippen LogP contribution in [0, 0.1) is 5.92 Å². The molecule has 1 N–H and O–H groups in total. The predicted octanol–water partition coefficient (Wildman–Crippen LogP) is 2.51. The van der Waals surface area contributed by atoms with E-state index in [2.05, 4.69) is 0 Å². The summed E-state index contributed by atoms with van der Waals surface area (Å²) in [6.07, 6.45) is -0.793. The summed E-state index contributed by atoms with van der Waals surface area (Å²) in [5, 5.41) is 9.08. The Morgan fingerprint density at radius 2 is 2.05 bits per heavy atom. The van der Waals surface area contributed by atoms with Gasteiger partial charge in [0.1, 0.15) is 0 Å². The second-order valence-electron chi connectivity index (χ2n) is 5.84. The summed E-state index contributed by atoms with van der Waals surface area (Å²) >= 11 is 0. The summed E-state index contributed by atoms with van der Waals surface area (Å²) in [4.78, 5) is 14.1. The van der Waals surface area contributed by atoms with Crippen LogP contribution in [0.1, 0.15) is 12.0 Å². The zero-order chi connectivity index (χ0) is 15.0. The molecule has 2 aliphatic heterocycles. The van der Waals surface area contributed by atoms with E-state index in [0.29, 0.717) is 6.54 Å². The number of fused-ring (bicyclic) bond motifs is 1. The molecule has 2 heterocycles. The van der Waals surface area contributed by atoms with Crippen LogP contribution in [0.5, 0.6) is 0 Å². The lowest BCUT2D eigenvalue weighted by atomic mass is 9.90. The van der Waals surface area contributed by atoms with Crippen LogP contribution in [0.15, 0.2) is 30.3 Å². The highest BCUT2D eigenvalue weighted by atomic mass is 19.3. The van der Waals surface area contributed by atoms with Crippen molar-refractivity contribution in [1.82, 2.24) is 9.80 Å². The highest BCUT2D eigenvalue weighted by Crippen LogP contribution is 2.43. The third-order valence-corrected chi connectivity index (χ3v) is 4.51. The maximum absolute atomic E-state index is 14.2. The SMILES string of the molecule is O=C(O)N1CCC2C(C1)N(Cc1ccccc1)CC2(F)F. The third kappa shape index (κ3) is 2.72. The Hall–Kier alpha value is -1.69. The van der Waals surface area contributed by atoms with Gasteiger partial charge in [0.15, 0.2) is 0 Å². The molecule has 0 bridgehead atoms. The number of hydrogen-bond donors (Lipinski definition) is 1. The molecule has 0 saturated carbocycles. The van der Waals surface area contributed by atoms with Gasteiger partial charge in [-0.3, -0.25) is 4.90 Å². The number of hydrogen-bond acceptors (Lipinski definition) is 2.